The molecule has 3 heterocycles. The van der Waals surface area contributed by atoms with Crippen molar-refractivity contribution >= 4 is 17.6 Å². The summed E-state index contributed by atoms with van der Waals surface area (Å²) in [5.41, 5.74) is 0.556. The van der Waals surface area contributed by atoms with Gasteiger partial charge in [-0.25, -0.2) is 9.97 Å². The average molecular weight is 428 g/mol. The van der Waals surface area contributed by atoms with Crippen molar-refractivity contribution in [3.63, 3.8) is 0 Å². The van der Waals surface area contributed by atoms with Crippen molar-refractivity contribution in [2.75, 3.05) is 38.1 Å². The molecule has 2 aliphatic heterocycles. The van der Waals surface area contributed by atoms with Crippen LogP contribution in [0.2, 0.25) is 0 Å². The molecule has 2 unspecified atom stereocenters. The Morgan fingerprint density at radius 2 is 1.61 bits per heavy atom. The summed E-state index contributed by atoms with van der Waals surface area (Å²) in [5.74, 6) is 1.85. The van der Waals surface area contributed by atoms with Crippen LogP contribution in [0.1, 0.15) is 69.2 Å². The summed E-state index contributed by atoms with van der Waals surface area (Å²) >= 11 is 0. The minimum Gasteiger partial charge on any atom is -0.341 e. The van der Waals surface area contributed by atoms with Gasteiger partial charge in [-0.05, 0) is 51.0 Å². The molecule has 0 spiro atoms. The molecule has 1 aromatic rings. The molecule has 2 bridgehead atoms. The van der Waals surface area contributed by atoms with Gasteiger partial charge in [-0.2, -0.15) is 0 Å². The summed E-state index contributed by atoms with van der Waals surface area (Å²) < 4.78 is 0. The molecule has 0 aromatic carbocycles. The number of Topliss-reactive ketones (excluding diaryl/α,β-unsaturated/α-hetero) is 1. The van der Waals surface area contributed by atoms with Gasteiger partial charge in [-0.1, -0.05) is 13.8 Å². The Kier molecular flexibility index (Phi) is 6.89. The number of aromatic nitrogens is 2. The number of hydrogen-bond donors (Lipinski definition) is 0. The van der Waals surface area contributed by atoms with E-state index < -0.39 is 0 Å². The summed E-state index contributed by atoms with van der Waals surface area (Å²) in [6.07, 6.45) is 10.4. The minimum atomic E-state index is -0.0166. The van der Waals surface area contributed by atoms with Crippen molar-refractivity contribution in [1.29, 1.82) is 0 Å². The molecule has 2 saturated heterocycles. The number of nitrogens with zero attached hydrogens (tertiary/aromatic N) is 5. The number of carbonyl (C=O) groups is 2. The smallest absolute Gasteiger partial charge is 0.256 e. The molecule has 3 aliphatic rings. The Balaban J connectivity index is 1.32. The highest BCUT2D eigenvalue weighted by molar-refractivity contribution is 5.93. The molecule has 7 heteroatoms. The molecule has 2 atom stereocenters. The summed E-state index contributed by atoms with van der Waals surface area (Å²) in [5, 5.41) is 0. The number of fused-ring (bicyclic) bond motifs is 2. The highest BCUT2D eigenvalue weighted by atomic mass is 16.2. The molecule has 1 aliphatic carbocycles. The van der Waals surface area contributed by atoms with Crippen LogP contribution in [0, 0.1) is 11.8 Å². The van der Waals surface area contributed by atoms with Crippen LogP contribution >= 0.6 is 0 Å². The number of carbonyl (C=O) groups excluding carboxylic acids is 2. The average Bonchev–Trinajstić information content (AvgIpc) is 3.07. The van der Waals surface area contributed by atoms with Gasteiger partial charge in [-0.3, -0.25) is 14.5 Å². The molecule has 0 N–H and O–H groups in total. The van der Waals surface area contributed by atoms with E-state index in [2.05, 4.69) is 26.7 Å². The number of piperazine rings is 1. The Labute approximate surface area is 186 Å². The molecule has 1 amide bonds. The van der Waals surface area contributed by atoms with Gasteiger partial charge in [0, 0.05) is 63.5 Å². The number of anilines is 1. The van der Waals surface area contributed by atoms with Gasteiger partial charge in [-0.15, -0.1) is 0 Å². The maximum Gasteiger partial charge on any atom is 0.256 e. The van der Waals surface area contributed by atoms with Gasteiger partial charge >= 0.3 is 0 Å². The van der Waals surface area contributed by atoms with Crippen LogP contribution in [-0.4, -0.2) is 76.8 Å². The lowest BCUT2D eigenvalue weighted by atomic mass is 9.79. The second kappa shape index (κ2) is 9.63. The van der Waals surface area contributed by atoms with Gasteiger partial charge in [0.15, 0.2) is 0 Å². The summed E-state index contributed by atoms with van der Waals surface area (Å²) in [4.78, 5) is 40.7. The molecule has 170 valence electrons. The zero-order valence-electron chi connectivity index (χ0n) is 19.3. The van der Waals surface area contributed by atoms with E-state index in [9.17, 15) is 9.59 Å². The molecule has 7 nitrogen and oxygen atoms in total. The second-order valence-corrected chi connectivity index (χ2v) is 9.64. The maximum absolute atomic E-state index is 12.9. The van der Waals surface area contributed by atoms with Crippen molar-refractivity contribution < 1.29 is 9.59 Å². The van der Waals surface area contributed by atoms with Crippen LogP contribution in [0.25, 0.3) is 0 Å². The monoisotopic (exact) mass is 427 g/mol. The van der Waals surface area contributed by atoms with Crippen LogP contribution < -0.4 is 4.90 Å². The zero-order chi connectivity index (χ0) is 22.0. The molecule has 1 aromatic heterocycles. The predicted octanol–water partition coefficient (Wildman–Crippen LogP) is 3.01. The van der Waals surface area contributed by atoms with Gasteiger partial charge in [0.2, 0.25) is 5.95 Å². The highest BCUT2D eigenvalue weighted by Gasteiger charge is 2.40. The molecule has 0 radical (unpaired) electrons. The number of ketones is 1. The summed E-state index contributed by atoms with van der Waals surface area (Å²) in [6.45, 7) is 8.15. The van der Waals surface area contributed by atoms with E-state index in [1.807, 2.05) is 14.0 Å². The van der Waals surface area contributed by atoms with Crippen LogP contribution in [-0.2, 0) is 4.79 Å². The Hall–Kier alpha value is -2.02. The van der Waals surface area contributed by atoms with Gasteiger partial charge in [0.1, 0.15) is 5.78 Å². The van der Waals surface area contributed by atoms with Gasteiger partial charge in [0.05, 0.1) is 5.56 Å². The normalized spacial score (nSPS) is 28.5. The lowest BCUT2D eigenvalue weighted by Crippen LogP contribution is -2.54. The van der Waals surface area contributed by atoms with E-state index in [-0.39, 0.29) is 11.8 Å². The fourth-order valence-corrected chi connectivity index (χ4v) is 5.79. The zero-order valence-corrected chi connectivity index (χ0v) is 19.3. The first-order valence-electron chi connectivity index (χ1n) is 12.1. The fourth-order valence-electron chi connectivity index (χ4n) is 5.79. The van der Waals surface area contributed by atoms with E-state index in [1.165, 1.54) is 12.8 Å². The van der Waals surface area contributed by atoms with Crippen LogP contribution in [0.3, 0.4) is 0 Å². The van der Waals surface area contributed by atoms with Crippen LogP contribution in [0.15, 0.2) is 12.4 Å². The van der Waals surface area contributed by atoms with Crippen molar-refractivity contribution in [1.82, 2.24) is 19.8 Å². The van der Waals surface area contributed by atoms with Crippen molar-refractivity contribution in [3.05, 3.63) is 18.0 Å². The van der Waals surface area contributed by atoms with E-state index in [0.717, 1.165) is 57.8 Å². The van der Waals surface area contributed by atoms with Crippen LogP contribution in [0.4, 0.5) is 5.95 Å². The quantitative estimate of drug-likeness (QED) is 0.666. The van der Waals surface area contributed by atoms with Gasteiger partial charge in [0.25, 0.3) is 5.91 Å². The number of likely N-dealkylation sites (N-methyl/N-ethyl adjacent to an activating group) is 1. The predicted molar refractivity (Wildman–Crippen MR) is 121 cm³/mol. The minimum absolute atomic E-state index is 0.0166. The highest BCUT2D eigenvalue weighted by Crippen LogP contribution is 2.33. The standard InChI is InChI=1S/C24H37N5O2/c1-4-22(30)18-8-6-17(7-9-18)14-27(3)23(31)19-12-25-24(26-13-19)29-20-10-11-21(29)16-28(5-2)15-20/h12-13,17-18,20-21H,4-11,14-16H2,1-3H3. The third kappa shape index (κ3) is 4.76. The largest absolute Gasteiger partial charge is 0.341 e. The molecule has 1 saturated carbocycles. The summed E-state index contributed by atoms with van der Waals surface area (Å²) in [6, 6.07) is 0.968. The first-order valence-corrected chi connectivity index (χ1v) is 12.1. The molecular weight excluding hydrogens is 390 g/mol. The van der Waals surface area contributed by atoms with Crippen molar-refractivity contribution in [2.45, 2.75) is 70.9 Å². The maximum atomic E-state index is 12.9. The van der Waals surface area contributed by atoms with Crippen LogP contribution in [0.5, 0.6) is 0 Å². The first-order chi connectivity index (χ1) is 15.0. The summed E-state index contributed by atoms with van der Waals surface area (Å²) in [7, 11) is 1.86. The second-order valence-electron chi connectivity index (χ2n) is 9.64. The van der Waals surface area contributed by atoms with Crippen molar-refractivity contribution in [2.24, 2.45) is 11.8 Å². The molecule has 4 rings (SSSR count). The van der Waals surface area contributed by atoms with E-state index in [1.54, 1.807) is 17.3 Å². The Morgan fingerprint density at radius 3 is 2.16 bits per heavy atom. The lowest BCUT2D eigenvalue weighted by Gasteiger charge is -2.40. The number of amides is 1. The van der Waals surface area contributed by atoms with E-state index in [4.69, 9.17) is 0 Å². The number of likely N-dealkylation sites (tertiary alicyclic amines) is 1. The third-order valence-electron chi connectivity index (χ3n) is 7.65. The first kappa shape index (κ1) is 22.2. The van der Waals surface area contributed by atoms with E-state index in [0.29, 0.717) is 35.8 Å². The fraction of sp³-hybridized carbons (Fsp3) is 0.750. The molecular formula is C24H37N5O2. The molecule has 31 heavy (non-hydrogen) atoms. The number of rotatable bonds is 7. The van der Waals surface area contributed by atoms with Crippen molar-refractivity contribution in [3.8, 4) is 0 Å². The third-order valence-corrected chi connectivity index (χ3v) is 7.65. The topological polar surface area (TPSA) is 69.6 Å². The lowest BCUT2D eigenvalue weighted by molar-refractivity contribution is -0.123. The van der Waals surface area contributed by atoms with E-state index >= 15 is 0 Å². The Bertz CT molecular complexity index is 761. The Morgan fingerprint density at radius 1 is 1.00 bits per heavy atom. The SMILES string of the molecule is CCC(=O)C1CCC(CN(C)C(=O)c2cnc(N3C4CCC3CN(CC)C4)nc2)CC1. The van der Waals surface area contributed by atoms with Gasteiger partial charge < -0.3 is 9.80 Å². The number of hydrogen-bond acceptors (Lipinski definition) is 6. The molecule has 3 fully saturated rings.